The Morgan fingerprint density at radius 2 is 1.07 bits per heavy atom. The highest BCUT2D eigenvalue weighted by atomic mass is 32.1. The molecule has 0 aliphatic carbocycles. The highest BCUT2D eigenvalue weighted by Crippen LogP contribution is 2.26. The van der Waals surface area contributed by atoms with Crippen molar-refractivity contribution in [3.63, 3.8) is 0 Å². The van der Waals surface area contributed by atoms with E-state index in [1.807, 2.05) is 0 Å². The molecule has 2 heteroatoms. The lowest BCUT2D eigenvalue weighted by molar-refractivity contribution is 0.431. The van der Waals surface area contributed by atoms with Gasteiger partial charge in [0.05, 0.1) is 4.99 Å². The maximum Gasteiger partial charge on any atom is 0.0811 e. The molecule has 28 heavy (non-hydrogen) atoms. The molecular formula is C26H51NS. The van der Waals surface area contributed by atoms with E-state index < -0.39 is 0 Å². The Balaban J connectivity index is 1.91. The Labute approximate surface area is 183 Å². The highest BCUT2D eigenvalue weighted by molar-refractivity contribution is 7.80. The van der Waals surface area contributed by atoms with Crippen LogP contribution in [0.15, 0.2) is 0 Å². The summed E-state index contributed by atoms with van der Waals surface area (Å²) in [6, 6.07) is 0. The van der Waals surface area contributed by atoms with Crippen LogP contribution in [0, 0.1) is 5.92 Å². The molecule has 0 aromatic carbocycles. The van der Waals surface area contributed by atoms with Gasteiger partial charge in [0.2, 0.25) is 0 Å². The third-order valence-electron chi connectivity index (χ3n) is 6.60. The molecule has 0 saturated carbocycles. The first-order chi connectivity index (χ1) is 13.8. The minimum absolute atomic E-state index is 0.720. The quantitative estimate of drug-likeness (QED) is 0.146. The molecule has 166 valence electrons. The average Bonchev–Trinajstić information content (AvgIpc) is 3.05. The first-order valence-corrected chi connectivity index (χ1v) is 13.5. The van der Waals surface area contributed by atoms with Crippen LogP contribution in [0.3, 0.4) is 0 Å². The number of nitrogens with zero attached hydrogens (tertiary/aromatic N) is 1. The standard InChI is InChI=1S/C26H51NS/c1-3-5-7-9-11-13-14-15-17-19-21-25-22-24-27(26(25)28)23-20-18-16-12-10-8-6-4-2/h25H,3-24H2,1-2H3. The van der Waals surface area contributed by atoms with Gasteiger partial charge in [0.15, 0.2) is 0 Å². The lowest BCUT2D eigenvalue weighted by Gasteiger charge is -2.19. The molecule has 1 atom stereocenters. The normalized spacial score (nSPS) is 17.0. The van der Waals surface area contributed by atoms with Gasteiger partial charge in [-0.2, -0.15) is 0 Å². The summed E-state index contributed by atoms with van der Waals surface area (Å²) in [5.41, 5.74) is 0. The molecule has 1 fully saturated rings. The van der Waals surface area contributed by atoms with Crippen molar-refractivity contribution in [2.75, 3.05) is 13.1 Å². The second-order valence-corrected chi connectivity index (χ2v) is 9.67. The van der Waals surface area contributed by atoms with E-state index in [4.69, 9.17) is 12.2 Å². The molecular weight excluding hydrogens is 358 g/mol. The largest absolute Gasteiger partial charge is 0.366 e. The fraction of sp³-hybridized carbons (Fsp3) is 0.962. The van der Waals surface area contributed by atoms with E-state index in [2.05, 4.69) is 18.7 Å². The average molecular weight is 410 g/mol. The summed E-state index contributed by atoms with van der Waals surface area (Å²) in [6.45, 7) is 7.05. The van der Waals surface area contributed by atoms with Crippen LogP contribution in [0.25, 0.3) is 0 Å². The number of unbranched alkanes of at least 4 members (excludes halogenated alkanes) is 16. The molecule has 0 N–H and O–H groups in total. The van der Waals surface area contributed by atoms with Crippen molar-refractivity contribution in [2.24, 2.45) is 5.92 Å². The third kappa shape index (κ3) is 13.2. The Kier molecular flexibility index (Phi) is 17.5. The number of hydrogen-bond donors (Lipinski definition) is 0. The van der Waals surface area contributed by atoms with Crippen LogP contribution in [0.2, 0.25) is 0 Å². The van der Waals surface area contributed by atoms with Crippen LogP contribution < -0.4 is 0 Å². The van der Waals surface area contributed by atoms with Crippen molar-refractivity contribution in [1.29, 1.82) is 0 Å². The smallest absolute Gasteiger partial charge is 0.0811 e. The van der Waals surface area contributed by atoms with Gasteiger partial charge in [-0.15, -0.1) is 0 Å². The van der Waals surface area contributed by atoms with Crippen LogP contribution in [-0.4, -0.2) is 23.0 Å². The second-order valence-electron chi connectivity index (χ2n) is 9.26. The Hall–Kier alpha value is -0.110. The molecule has 1 aliphatic rings. The van der Waals surface area contributed by atoms with Crippen LogP contribution in [0.5, 0.6) is 0 Å². The molecule has 1 rings (SSSR count). The minimum atomic E-state index is 0.720. The van der Waals surface area contributed by atoms with E-state index >= 15 is 0 Å². The van der Waals surface area contributed by atoms with Crippen LogP contribution >= 0.6 is 12.2 Å². The van der Waals surface area contributed by atoms with Gasteiger partial charge in [-0.1, -0.05) is 135 Å². The summed E-state index contributed by atoms with van der Waals surface area (Å²) in [4.78, 5) is 3.84. The second kappa shape index (κ2) is 18.9. The van der Waals surface area contributed by atoms with E-state index in [1.54, 1.807) is 0 Å². The van der Waals surface area contributed by atoms with Crippen LogP contribution in [0.1, 0.15) is 142 Å². The van der Waals surface area contributed by atoms with E-state index in [0.29, 0.717) is 0 Å². The van der Waals surface area contributed by atoms with Gasteiger partial charge in [0, 0.05) is 19.0 Å². The van der Waals surface area contributed by atoms with Gasteiger partial charge in [0.25, 0.3) is 0 Å². The zero-order valence-corrected chi connectivity index (χ0v) is 20.3. The SMILES string of the molecule is CCCCCCCCCCCCC1CCN(CCCCCCCCCC)C1=S. The van der Waals surface area contributed by atoms with E-state index in [1.165, 1.54) is 146 Å². The fourth-order valence-corrected chi connectivity index (χ4v) is 5.03. The highest BCUT2D eigenvalue weighted by Gasteiger charge is 2.26. The van der Waals surface area contributed by atoms with Crippen molar-refractivity contribution in [1.82, 2.24) is 4.90 Å². The van der Waals surface area contributed by atoms with Crippen molar-refractivity contribution in [3.8, 4) is 0 Å². The number of thiocarbonyl (C=S) groups is 1. The minimum Gasteiger partial charge on any atom is -0.366 e. The molecule has 1 heterocycles. The molecule has 1 unspecified atom stereocenters. The molecule has 0 bridgehead atoms. The van der Waals surface area contributed by atoms with Gasteiger partial charge in [-0.25, -0.2) is 0 Å². The fourth-order valence-electron chi connectivity index (χ4n) is 4.61. The number of hydrogen-bond acceptors (Lipinski definition) is 1. The monoisotopic (exact) mass is 409 g/mol. The lowest BCUT2D eigenvalue weighted by Crippen LogP contribution is -2.26. The Bertz CT molecular complexity index is 354. The molecule has 0 aromatic heterocycles. The molecule has 1 saturated heterocycles. The predicted molar refractivity (Wildman–Crippen MR) is 131 cm³/mol. The van der Waals surface area contributed by atoms with Crippen LogP contribution in [-0.2, 0) is 0 Å². The van der Waals surface area contributed by atoms with E-state index in [-0.39, 0.29) is 0 Å². The Morgan fingerprint density at radius 3 is 1.57 bits per heavy atom. The van der Waals surface area contributed by atoms with Gasteiger partial charge in [-0.05, 0) is 19.3 Å². The van der Waals surface area contributed by atoms with Crippen molar-refractivity contribution < 1.29 is 0 Å². The summed E-state index contributed by atoms with van der Waals surface area (Å²) in [7, 11) is 0. The first kappa shape index (κ1) is 25.9. The zero-order chi connectivity index (χ0) is 20.3. The zero-order valence-electron chi connectivity index (χ0n) is 19.5. The summed E-state index contributed by atoms with van der Waals surface area (Å²) < 4.78 is 0. The van der Waals surface area contributed by atoms with Crippen molar-refractivity contribution >= 4 is 17.2 Å². The maximum atomic E-state index is 5.81. The lowest BCUT2D eigenvalue weighted by atomic mass is 9.99. The number of likely N-dealkylation sites (tertiary alicyclic amines) is 1. The van der Waals surface area contributed by atoms with Crippen molar-refractivity contribution in [2.45, 2.75) is 142 Å². The molecule has 1 aliphatic heterocycles. The maximum absolute atomic E-state index is 5.81. The molecule has 0 amide bonds. The van der Waals surface area contributed by atoms with Gasteiger partial charge < -0.3 is 4.90 Å². The predicted octanol–water partition coefficient (Wildman–Crippen LogP) is 9.09. The van der Waals surface area contributed by atoms with E-state index in [0.717, 1.165) is 5.92 Å². The van der Waals surface area contributed by atoms with Gasteiger partial charge >= 0.3 is 0 Å². The van der Waals surface area contributed by atoms with Crippen LogP contribution in [0.4, 0.5) is 0 Å². The molecule has 0 radical (unpaired) electrons. The molecule has 1 nitrogen and oxygen atoms in total. The third-order valence-corrected chi connectivity index (χ3v) is 7.19. The van der Waals surface area contributed by atoms with Crippen molar-refractivity contribution in [3.05, 3.63) is 0 Å². The summed E-state index contributed by atoms with van der Waals surface area (Å²) >= 11 is 5.81. The summed E-state index contributed by atoms with van der Waals surface area (Å²) in [6.07, 6.45) is 28.3. The van der Waals surface area contributed by atoms with E-state index in [9.17, 15) is 0 Å². The molecule has 0 aromatic rings. The first-order valence-electron chi connectivity index (χ1n) is 13.1. The summed E-state index contributed by atoms with van der Waals surface area (Å²) in [5, 5.41) is 0. The van der Waals surface area contributed by atoms with Gasteiger partial charge in [-0.3, -0.25) is 0 Å². The topological polar surface area (TPSA) is 3.24 Å². The summed E-state index contributed by atoms with van der Waals surface area (Å²) in [5.74, 6) is 0.720. The van der Waals surface area contributed by atoms with Gasteiger partial charge in [0.1, 0.15) is 0 Å². The number of rotatable bonds is 20. The Morgan fingerprint density at radius 1 is 0.643 bits per heavy atom. The molecule has 0 spiro atoms.